The van der Waals surface area contributed by atoms with Crippen LogP contribution in [0.1, 0.15) is 57.6 Å². The molecule has 0 amide bonds. The third-order valence-electron chi connectivity index (χ3n) is 3.99. The first-order valence-corrected chi connectivity index (χ1v) is 7.17. The molecule has 1 rings (SSSR count). The number of hydrogen-bond acceptors (Lipinski definition) is 0. The molecule has 0 aromatic heterocycles. The van der Waals surface area contributed by atoms with E-state index in [-0.39, 0.29) is 0 Å². The van der Waals surface area contributed by atoms with Gasteiger partial charge in [-0.1, -0.05) is 64.3 Å². The topological polar surface area (TPSA) is 0 Å². The molecule has 0 saturated carbocycles. The lowest BCUT2D eigenvalue weighted by Gasteiger charge is -2.18. The van der Waals surface area contributed by atoms with Crippen molar-refractivity contribution in [2.24, 2.45) is 0 Å². The fourth-order valence-corrected chi connectivity index (χ4v) is 2.38. The summed E-state index contributed by atoms with van der Waals surface area (Å²) in [6.07, 6.45) is 4.10. The monoisotopic (exact) mass is 254 g/mol. The predicted octanol–water partition coefficient (Wildman–Crippen LogP) is 6.13. The van der Waals surface area contributed by atoms with E-state index in [1.54, 1.807) is 0 Å². The predicted molar refractivity (Wildman–Crippen MR) is 87.4 cm³/mol. The highest BCUT2D eigenvalue weighted by molar-refractivity contribution is 5.80. The van der Waals surface area contributed by atoms with Crippen molar-refractivity contribution in [3.8, 4) is 0 Å². The molecule has 0 aliphatic rings. The first-order chi connectivity index (χ1) is 9.06. The summed E-state index contributed by atoms with van der Waals surface area (Å²) in [6, 6.07) is 8.62. The molecule has 19 heavy (non-hydrogen) atoms. The van der Waals surface area contributed by atoms with Crippen LogP contribution < -0.4 is 0 Å². The second kappa shape index (κ2) is 7.13. The van der Waals surface area contributed by atoms with Gasteiger partial charge in [0.2, 0.25) is 0 Å². The summed E-state index contributed by atoms with van der Waals surface area (Å²) in [5.41, 5.74) is 6.35. The maximum absolute atomic E-state index is 4.31. The lowest BCUT2D eigenvalue weighted by molar-refractivity contribution is 0.731. The zero-order valence-electron chi connectivity index (χ0n) is 12.8. The van der Waals surface area contributed by atoms with Crippen LogP contribution in [-0.2, 0) is 0 Å². The Morgan fingerprint density at radius 1 is 1.26 bits per heavy atom. The second-order valence-electron chi connectivity index (χ2n) is 5.08. The SMILES string of the molecule is C=C/C(CC)=C(/C)C(=C)c1ccccc1C(C)CC. The van der Waals surface area contributed by atoms with Crippen LogP contribution in [-0.4, -0.2) is 0 Å². The normalized spacial score (nSPS) is 13.7. The molecule has 1 atom stereocenters. The molecule has 102 valence electrons. The van der Waals surface area contributed by atoms with Gasteiger partial charge in [-0.2, -0.15) is 0 Å². The van der Waals surface area contributed by atoms with E-state index < -0.39 is 0 Å². The van der Waals surface area contributed by atoms with Crippen molar-refractivity contribution in [2.75, 3.05) is 0 Å². The third kappa shape index (κ3) is 3.47. The van der Waals surface area contributed by atoms with Crippen LogP contribution in [0.2, 0.25) is 0 Å². The molecule has 0 heteroatoms. The highest BCUT2D eigenvalue weighted by Crippen LogP contribution is 2.32. The average molecular weight is 254 g/mol. The van der Waals surface area contributed by atoms with Gasteiger partial charge >= 0.3 is 0 Å². The minimum Gasteiger partial charge on any atom is -0.0988 e. The van der Waals surface area contributed by atoms with Crippen molar-refractivity contribution >= 4 is 5.57 Å². The van der Waals surface area contributed by atoms with Crippen LogP contribution >= 0.6 is 0 Å². The van der Waals surface area contributed by atoms with Crippen LogP contribution in [0.4, 0.5) is 0 Å². The Hall–Kier alpha value is -1.56. The maximum atomic E-state index is 4.31. The summed E-state index contributed by atoms with van der Waals surface area (Å²) < 4.78 is 0. The zero-order chi connectivity index (χ0) is 14.4. The minimum absolute atomic E-state index is 0.564. The van der Waals surface area contributed by atoms with Crippen LogP contribution in [0.15, 0.2) is 54.6 Å². The molecule has 0 spiro atoms. The van der Waals surface area contributed by atoms with Crippen molar-refractivity contribution in [1.29, 1.82) is 0 Å². The molecule has 0 N–H and O–H groups in total. The molecular formula is C19H26. The van der Waals surface area contributed by atoms with Crippen molar-refractivity contribution in [1.82, 2.24) is 0 Å². The fourth-order valence-electron chi connectivity index (χ4n) is 2.38. The largest absolute Gasteiger partial charge is 0.0988 e. The van der Waals surface area contributed by atoms with Crippen LogP contribution in [0, 0.1) is 0 Å². The van der Waals surface area contributed by atoms with Crippen molar-refractivity contribution in [2.45, 2.75) is 46.5 Å². The molecule has 0 aliphatic carbocycles. The average Bonchev–Trinajstić information content (AvgIpc) is 2.46. The summed E-state index contributed by atoms with van der Waals surface area (Å²) >= 11 is 0. The Balaban J connectivity index is 3.27. The fraction of sp³-hybridized carbons (Fsp3) is 0.368. The Morgan fingerprint density at radius 3 is 2.42 bits per heavy atom. The van der Waals surface area contributed by atoms with E-state index in [2.05, 4.69) is 65.1 Å². The van der Waals surface area contributed by atoms with Crippen LogP contribution in [0.3, 0.4) is 0 Å². The minimum atomic E-state index is 0.564. The lowest BCUT2D eigenvalue weighted by Crippen LogP contribution is -1.99. The highest BCUT2D eigenvalue weighted by atomic mass is 14.2. The molecule has 0 fully saturated rings. The lowest BCUT2D eigenvalue weighted by atomic mass is 9.87. The van der Waals surface area contributed by atoms with Gasteiger partial charge in [0.05, 0.1) is 0 Å². The first kappa shape index (κ1) is 15.5. The third-order valence-corrected chi connectivity index (χ3v) is 3.99. The smallest absolute Gasteiger partial charge is 0.0152 e. The summed E-state index contributed by atoms with van der Waals surface area (Å²) in [7, 11) is 0. The molecule has 0 bridgehead atoms. The molecule has 1 unspecified atom stereocenters. The Kier molecular flexibility index (Phi) is 5.82. The van der Waals surface area contributed by atoms with Gasteiger partial charge in [-0.3, -0.25) is 0 Å². The molecule has 1 aromatic rings. The van der Waals surface area contributed by atoms with Gasteiger partial charge in [0.15, 0.2) is 0 Å². The standard InChI is InChI=1S/C19H26/c1-7-14(4)18-12-10-11-13-19(18)16(6)15(5)17(8-2)9-3/h8,10-14H,2,6-7,9H2,1,3-5H3/b17-15+. The van der Waals surface area contributed by atoms with Gasteiger partial charge in [-0.15, -0.1) is 0 Å². The summed E-state index contributed by atoms with van der Waals surface area (Å²) in [4.78, 5) is 0. The van der Waals surface area contributed by atoms with E-state index in [9.17, 15) is 0 Å². The van der Waals surface area contributed by atoms with Gasteiger partial charge in [-0.05, 0) is 53.5 Å². The Bertz CT molecular complexity index is 489. The summed E-state index contributed by atoms with van der Waals surface area (Å²) in [6.45, 7) is 17.0. The van der Waals surface area contributed by atoms with E-state index in [1.165, 1.54) is 22.3 Å². The molecule has 0 aliphatic heterocycles. The van der Waals surface area contributed by atoms with Gasteiger partial charge < -0.3 is 0 Å². The van der Waals surface area contributed by atoms with E-state index >= 15 is 0 Å². The molecule has 0 nitrogen and oxygen atoms in total. The number of allylic oxidation sites excluding steroid dienone is 4. The van der Waals surface area contributed by atoms with Gasteiger partial charge in [0.1, 0.15) is 0 Å². The van der Waals surface area contributed by atoms with Crippen molar-refractivity contribution in [3.63, 3.8) is 0 Å². The van der Waals surface area contributed by atoms with E-state index in [0.717, 1.165) is 18.4 Å². The molecular weight excluding hydrogens is 228 g/mol. The molecule has 0 heterocycles. The molecule has 0 saturated heterocycles. The summed E-state index contributed by atoms with van der Waals surface area (Å²) in [5, 5.41) is 0. The quantitative estimate of drug-likeness (QED) is 0.536. The van der Waals surface area contributed by atoms with Crippen molar-refractivity contribution in [3.05, 3.63) is 65.8 Å². The Labute approximate surface area is 118 Å². The van der Waals surface area contributed by atoms with Crippen molar-refractivity contribution < 1.29 is 0 Å². The van der Waals surface area contributed by atoms with Gasteiger partial charge in [0, 0.05) is 0 Å². The highest BCUT2D eigenvalue weighted by Gasteiger charge is 2.12. The maximum Gasteiger partial charge on any atom is -0.0152 e. The number of benzene rings is 1. The number of hydrogen-bond donors (Lipinski definition) is 0. The van der Waals surface area contributed by atoms with Gasteiger partial charge in [-0.25, -0.2) is 0 Å². The first-order valence-electron chi connectivity index (χ1n) is 7.17. The van der Waals surface area contributed by atoms with E-state index in [4.69, 9.17) is 0 Å². The zero-order valence-corrected chi connectivity index (χ0v) is 12.8. The second-order valence-corrected chi connectivity index (χ2v) is 5.08. The Morgan fingerprint density at radius 2 is 1.89 bits per heavy atom. The van der Waals surface area contributed by atoms with E-state index in [0.29, 0.717) is 5.92 Å². The van der Waals surface area contributed by atoms with E-state index in [1.807, 2.05) is 6.08 Å². The van der Waals surface area contributed by atoms with Gasteiger partial charge in [0.25, 0.3) is 0 Å². The molecule has 0 radical (unpaired) electrons. The number of rotatable bonds is 6. The van der Waals surface area contributed by atoms with Crippen LogP contribution in [0.5, 0.6) is 0 Å². The molecule has 1 aromatic carbocycles. The summed E-state index contributed by atoms with van der Waals surface area (Å²) in [5.74, 6) is 0.564. The van der Waals surface area contributed by atoms with Crippen LogP contribution in [0.25, 0.3) is 5.57 Å².